The average molecular weight is 197 g/mol. The van der Waals surface area contributed by atoms with Gasteiger partial charge in [-0.3, -0.25) is 4.90 Å². The first-order valence-corrected chi connectivity index (χ1v) is 4.96. The van der Waals surface area contributed by atoms with E-state index < -0.39 is 0 Å². The molecule has 0 aliphatic rings. The van der Waals surface area contributed by atoms with Crippen molar-refractivity contribution < 1.29 is 5.11 Å². The number of aryl methyl sites for hydroxylation is 1. The van der Waals surface area contributed by atoms with Crippen LogP contribution in [0.3, 0.4) is 0 Å². The average Bonchev–Trinajstić information content (AvgIpc) is 2.51. The predicted octanol–water partition coefficient (Wildman–Crippen LogP) is 0.623. The van der Waals surface area contributed by atoms with Crippen LogP contribution in [0.2, 0.25) is 0 Å². The highest BCUT2D eigenvalue weighted by molar-refractivity contribution is 4.91. The molecule has 14 heavy (non-hydrogen) atoms. The molecule has 1 aromatic rings. The minimum Gasteiger partial charge on any atom is -0.395 e. The molecule has 0 aliphatic heterocycles. The zero-order chi connectivity index (χ0) is 10.6. The zero-order valence-electron chi connectivity index (χ0n) is 9.14. The fourth-order valence-electron chi connectivity index (χ4n) is 1.38. The van der Waals surface area contributed by atoms with Crippen molar-refractivity contribution in [2.45, 2.75) is 26.4 Å². The van der Waals surface area contributed by atoms with Gasteiger partial charge in [0.15, 0.2) is 0 Å². The summed E-state index contributed by atoms with van der Waals surface area (Å²) >= 11 is 0. The van der Waals surface area contributed by atoms with Crippen LogP contribution in [0.1, 0.15) is 19.7 Å². The number of aromatic nitrogens is 2. The van der Waals surface area contributed by atoms with Crippen molar-refractivity contribution >= 4 is 0 Å². The Labute approximate surface area is 85.2 Å². The molecule has 1 rings (SSSR count). The van der Waals surface area contributed by atoms with Crippen LogP contribution < -0.4 is 0 Å². The van der Waals surface area contributed by atoms with E-state index in [1.165, 1.54) is 0 Å². The first-order valence-electron chi connectivity index (χ1n) is 4.96. The Hall–Kier alpha value is -0.870. The quantitative estimate of drug-likeness (QED) is 0.752. The lowest BCUT2D eigenvalue weighted by atomic mass is 10.3. The first kappa shape index (κ1) is 11.2. The molecule has 4 heteroatoms. The van der Waals surface area contributed by atoms with E-state index in [1.807, 2.05) is 17.8 Å². The summed E-state index contributed by atoms with van der Waals surface area (Å²) in [4.78, 5) is 6.46. The SMILES string of the molecule is CC(C)N(CCO)Cc1nccn1C. The topological polar surface area (TPSA) is 41.3 Å². The summed E-state index contributed by atoms with van der Waals surface area (Å²) in [5.74, 6) is 1.03. The molecule has 0 aliphatic carbocycles. The number of imidazole rings is 1. The molecule has 80 valence electrons. The summed E-state index contributed by atoms with van der Waals surface area (Å²) in [7, 11) is 1.99. The number of aliphatic hydroxyl groups excluding tert-OH is 1. The standard InChI is InChI=1S/C10H19N3O/c1-9(2)13(6-7-14)8-10-11-4-5-12(10)3/h4-5,9,14H,6-8H2,1-3H3. The number of aliphatic hydroxyl groups is 1. The van der Waals surface area contributed by atoms with E-state index in [0.29, 0.717) is 12.6 Å². The number of nitrogens with zero attached hydrogens (tertiary/aromatic N) is 3. The van der Waals surface area contributed by atoms with Gasteiger partial charge >= 0.3 is 0 Å². The van der Waals surface area contributed by atoms with Crippen molar-refractivity contribution in [2.75, 3.05) is 13.2 Å². The van der Waals surface area contributed by atoms with E-state index in [4.69, 9.17) is 5.11 Å². The molecule has 0 saturated heterocycles. The van der Waals surface area contributed by atoms with Crippen LogP contribution >= 0.6 is 0 Å². The number of rotatable bonds is 5. The summed E-state index contributed by atoms with van der Waals surface area (Å²) < 4.78 is 2.01. The molecular weight excluding hydrogens is 178 g/mol. The molecule has 1 N–H and O–H groups in total. The third kappa shape index (κ3) is 2.82. The van der Waals surface area contributed by atoms with Gasteiger partial charge in [0.05, 0.1) is 13.2 Å². The normalized spacial score (nSPS) is 11.6. The summed E-state index contributed by atoms with van der Waals surface area (Å²) in [6.07, 6.45) is 3.74. The summed E-state index contributed by atoms with van der Waals surface area (Å²) in [6.45, 7) is 5.94. The van der Waals surface area contributed by atoms with Crippen molar-refractivity contribution in [1.82, 2.24) is 14.5 Å². The van der Waals surface area contributed by atoms with Gasteiger partial charge in [-0.15, -0.1) is 0 Å². The van der Waals surface area contributed by atoms with Gasteiger partial charge in [0, 0.05) is 32.0 Å². The van der Waals surface area contributed by atoms with Crippen LogP contribution in [-0.2, 0) is 13.6 Å². The summed E-state index contributed by atoms with van der Waals surface area (Å²) in [5, 5.41) is 8.91. The molecule has 0 amide bonds. The molecule has 0 saturated carbocycles. The lowest BCUT2D eigenvalue weighted by Crippen LogP contribution is -2.33. The maximum atomic E-state index is 8.91. The van der Waals surface area contributed by atoms with E-state index in [2.05, 4.69) is 23.7 Å². The fourth-order valence-corrected chi connectivity index (χ4v) is 1.38. The van der Waals surface area contributed by atoms with Crippen molar-refractivity contribution in [1.29, 1.82) is 0 Å². The maximum Gasteiger partial charge on any atom is 0.122 e. The molecule has 0 unspecified atom stereocenters. The fraction of sp³-hybridized carbons (Fsp3) is 0.700. The van der Waals surface area contributed by atoms with Gasteiger partial charge in [-0.05, 0) is 13.8 Å². The second-order valence-corrected chi connectivity index (χ2v) is 3.74. The van der Waals surface area contributed by atoms with Crippen molar-refractivity contribution in [3.63, 3.8) is 0 Å². The predicted molar refractivity (Wildman–Crippen MR) is 55.8 cm³/mol. The van der Waals surface area contributed by atoms with Gasteiger partial charge in [-0.1, -0.05) is 0 Å². The number of hydrogen-bond donors (Lipinski definition) is 1. The number of hydrogen-bond acceptors (Lipinski definition) is 3. The lowest BCUT2D eigenvalue weighted by molar-refractivity contribution is 0.155. The molecular formula is C10H19N3O. The Morgan fingerprint density at radius 1 is 1.57 bits per heavy atom. The second kappa shape index (κ2) is 5.12. The second-order valence-electron chi connectivity index (χ2n) is 3.74. The molecule has 0 atom stereocenters. The van der Waals surface area contributed by atoms with Crippen LogP contribution in [0.25, 0.3) is 0 Å². The van der Waals surface area contributed by atoms with Gasteiger partial charge in [0.2, 0.25) is 0 Å². The van der Waals surface area contributed by atoms with Gasteiger partial charge in [0.25, 0.3) is 0 Å². The monoisotopic (exact) mass is 197 g/mol. The highest BCUT2D eigenvalue weighted by Gasteiger charge is 2.11. The van der Waals surface area contributed by atoms with Gasteiger partial charge in [-0.2, -0.15) is 0 Å². The largest absolute Gasteiger partial charge is 0.395 e. The van der Waals surface area contributed by atoms with Crippen molar-refractivity contribution in [2.24, 2.45) is 7.05 Å². The van der Waals surface area contributed by atoms with Gasteiger partial charge < -0.3 is 9.67 Å². The van der Waals surface area contributed by atoms with E-state index in [-0.39, 0.29) is 6.61 Å². The van der Waals surface area contributed by atoms with Crippen LogP contribution in [0, 0.1) is 0 Å². The smallest absolute Gasteiger partial charge is 0.122 e. The first-order chi connectivity index (χ1) is 6.65. The van der Waals surface area contributed by atoms with Gasteiger partial charge in [-0.25, -0.2) is 4.98 Å². The minimum absolute atomic E-state index is 0.197. The summed E-state index contributed by atoms with van der Waals surface area (Å²) in [6, 6.07) is 0.429. The van der Waals surface area contributed by atoms with Crippen LogP contribution in [-0.4, -0.2) is 38.8 Å². The molecule has 0 spiro atoms. The van der Waals surface area contributed by atoms with Gasteiger partial charge in [0.1, 0.15) is 5.82 Å². The Morgan fingerprint density at radius 3 is 2.71 bits per heavy atom. The molecule has 4 nitrogen and oxygen atoms in total. The maximum absolute atomic E-state index is 8.91. The Balaban J connectivity index is 2.60. The van der Waals surface area contributed by atoms with Crippen LogP contribution in [0.4, 0.5) is 0 Å². The van der Waals surface area contributed by atoms with E-state index in [1.54, 1.807) is 6.20 Å². The van der Waals surface area contributed by atoms with Crippen LogP contribution in [0.15, 0.2) is 12.4 Å². The summed E-state index contributed by atoms with van der Waals surface area (Å²) in [5.41, 5.74) is 0. The van der Waals surface area contributed by atoms with Crippen LogP contribution in [0.5, 0.6) is 0 Å². The highest BCUT2D eigenvalue weighted by Crippen LogP contribution is 2.05. The van der Waals surface area contributed by atoms with Crippen molar-refractivity contribution in [3.8, 4) is 0 Å². The lowest BCUT2D eigenvalue weighted by Gasteiger charge is -2.24. The zero-order valence-corrected chi connectivity index (χ0v) is 9.14. The third-order valence-electron chi connectivity index (χ3n) is 2.38. The minimum atomic E-state index is 0.197. The molecule has 1 heterocycles. The third-order valence-corrected chi connectivity index (χ3v) is 2.38. The molecule has 1 aromatic heterocycles. The van der Waals surface area contributed by atoms with Crippen molar-refractivity contribution in [3.05, 3.63) is 18.2 Å². The highest BCUT2D eigenvalue weighted by atomic mass is 16.3. The Morgan fingerprint density at radius 2 is 2.29 bits per heavy atom. The Bertz CT molecular complexity index is 270. The molecule has 0 radical (unpaired) electrons. The molecule has 0 fully saturated rings. The Kier molecular flexibility index (Phi) is 4.10. The molecule has 0 aromatic carbocycles. The van der Waals surface area contributed by atoms with E-state index in [0.717, 1.165) is 12.4 Å². The molecule has 0 bridgehead atoms. The van der Waals surface area contributed by atoms with E-state index >= 15 is 0 Å². The van der Waals surface area contributed by atoms with E-state index in [9.17, 15) is 0 Å².